The molecule has 25 heavy (non-hydrogen) atoms. The van der Waals surface area contributed by atoms with Crippen LogP contribution in [0.15, 0.2) is 82.7 Å². The molecule has 1 atom stereocenters. The van der Waals surface area contributed by atoms with E-state index in [0.717, 1.165) is 15.5 Å². The lowest BCUT2D eigenvalue weighted by molar-refractivity contribution is -0.123. The van der Waals surface area contributed by atoms with Crippen LogP contribution in [0.25, 0.3) is 0 Å². The summed E-state index contributed by atoms with van der Waals surface area (Å²) >= 11 is 1.62. The molecule has 1 amide bonds. The summed E-state index contributed by atoms with van der Waals surface area (Å²) in [6, 6.07) is 21.1. The molecule has 124 valence electrons. The van der Waals surface area contributed by atoms with E-state index in [0.29, 0.717) is 11.6 Å². The standard InChI is InChI=1S/C20H16N2O2S/c1-14(24-15-8-3-2-4-9-15)20(23)22-16-10-5-6-11-17(16)25-18-12-7-13-21-19(18)22/h2-14H,1H3. The van der Waals surface area contributed by atoms with Crippen LogP contribution in [0.3, 0.4) is 0 Å². The van der Waals surface area contributed by atoms with Crippen LogP contribution < -0.4 is 9.64 Å². The van der Waals surface area contributed by atoms with Crippen molar-refractivity contribution in [3.8, 4) is 5.75 Å². The molecule has 1 aliphatic heterocycles. The molecule has 1 unspecified atom stereocenters. The molecule has 0 fully saturated rings. The number of amides is 1. The lowest BCUT2D eigenvalue weighted by atomic mass is 10.2. The first-order valence-corrected chi connectivity index (χ1v) is 8.83. The van der Waals surface area contributed by atoms with Gasteiger partial charge in [0, 0.05) is 11.1 Å². The largest absolute Gasteiger partial charge is 0.481 e. The summed E-state index contributed by atoms with van der Waals surface area (Å²) in [6.45, 7) is 1.77. The van der Waals surface area contributed by atoms with Crippen molar-refractivity contribution in [3.05, 3.63) is 72.9 Å². The van der Waals surface area contributed by atoms with Crippen molar-refractivity contribution in [3.63, 3.8) is 0 Å². The van der Waals surface area contributed by atoms with E-state index in [-0.39, 0.29) is 5.91 Å². The molecule has 3 aromatic rings. The van der Waals surface area contributed by atoms with Crippen molar-refractivity contribution in [2.45, 2.75) is 22.8 Å². The lowest BCUT2D eigenvalue weighted by Crippen LogP contribution is -2.39. The molecule has 0 radical (unpaired) electrons. The van der Waals surface area contributed by atoms with Crippen molar-refractivity contribution in [1.82, 2.24) is 4.98 Å². The summed E-state index contributed by atoms with van der Waals surface area (Å²) in [5, 5.41) is 0. The third-order valence-electron chi connectivity index (χ3n) is 3.91. The highest BCUT2D eigenvalue weighted by Crippen LogP contribution is 2.47. The first-order chi connectivity index (χ1) is 12.2. The number of hydrogen-bond donors (Lipinski definition) is 0. The molecular formula is C20H16N2O2S. The monoisotopic (exact) mass is 348 g/mol. The van der Waals surface area contributed by atoms with Gasteiger partial charge in [-0.15, -0.1) is 0 Å². The molecule has 4 nitrogen and oxygen atoms in total. The van der Waals surface area contributed by atoms with Crippen LogP contribution in [0.5, 0.6) is 5.75 Å². The summed E-state index contributed by atoms with van der Waals surface area (Å²) in [6.07, 6.45) is 1.07. The second-order valence-electron chi connectivity index (χ2n) is 5.64. The van der Waals surface area contributed by atoms with Gasteiger partial charge in [-0.2, -0.15) is 0 Å². The van der Waals surface area contributed by atoms with Gasteiger partial charge in [0.1, 0.15) is 5.75 Å². The van der Waals surface area contributed by atoms with Crippen LogP contribution in [0.1, 0.15) is 6.92 Å². The molecular weight excluding hydrogens is 332 g/mol. The van der Waals surface area contributed by atoms with Crippen molar-refractivity contribution < 1.29 is 9.53 Å². The number of ether oxygens (including phenoxy) is 1. The third-order valence-corrected chi connectivity index (χ3v) is 5.02. The number of carbonyl (C=O) groups excluding carboxylic acids is 1. The van der Waals surface area contributed by atoms with Crippen LogP contribution in [-0.4, -0.2) is 17.0 Å². The molecule has 0 bridgehead atoms. The Labute approximate surface area is 150 Å². The Morgan fingerprint density at radius 1 is 1.00 bits per heavy atom. The molecule has 2 heterocycles. The number of para-hydroxylation sites is 2. The first kappa shape index (κ1) is 15.7. The maximum Gasteiger partial charge on any atom is 0.273 e. The predicted octanol–water partition coefficient (Wildman–Crippen LogP) is 4.68. The fourth-order valence-corrected chi connectivity index (χ4v) is 3.78. The van der Waals surface area contributed by atoms with E-state index in [1.165, 1.54) is 0 Å². The normalized spacial score (nSPS) is 13.6. The van der Waals surface area contributed by atoms with E-state index in [1.807, 2.05) is 66.7 Å². The second-order valence-corrected chi connectivity index (χ2v) is 6.73. The van der Waals surface area contributed by atoms with Crippen molar-refractivity contribution in [1.29, 1.82) is 0 Å². The van der Waals surface area contributed by atoms with Gasteiger partial charge in [0.15, 0.2) is 11.9 Å². The fraction of sp³-hybridized carbons (Fsp3) is 0.100. The SMILES string of the molecule is CC(Oc1ccccc1)C(=O)N1c2ccccc2Sc2cccnc21. The minimum Gasteiger partial charge on any atom is -0.481 e. The number of fused-ring (bicyclic) bond motifs is 2. The molecule has 1 aromatic heterocycles. The van der Waals surface area contributed by atoms with Crippen molar-refractivity contribution in [2.24, 2.45) is 0 Å². The van der Waals surface area contributed by atoms with Gasteiger partial charge in [0.05, 0.1) is 10.6 Å². The Kier molecular flexibility index (Phi) is 4.15. The maximum atomic E-state index is 13.2. The molecule has 0 aliphatic carbocycles. The Hall–Kier alpha value is -2.79. The highest BCUT2D eigenvalue weighted by atomic mass is 32.2. The number of pyridine rings is 1. The van der Waals surface area contributed by atoms with E-state index in [1.54, 1.807) is 29.8 Å². The van der Waals surface area contributed by atoms with E-state index in [2.05, 4.69) is 4.98 Å². The highest BCUT2D eigenvalue weighted by molar-refractivity contribution is 7.99. The topological polar surface area (TPSA) is 42.4 Å². The van der Waals surface area contributed by atoms with Gasteiger partial charge in [-0.05, 0) is 43.3 Å². The summed E-state index contributed by atoms with van der Waals surface area (Å²) in [5.74, 6) is 1.18. The Morgan fingerprint density at radius 2 is 1.72 bits per heavy atom. The van der Waals surface area contributed by atoms with Crippen molar-refractivity contribution in [2.75, 3.05) is 4.90 Å². The fourth-order valence-electron chi connectivity index (χ4n) is 2.75. The van der Waals surface area contributed by atoms with Crippen molar-refractivity contribution >= 4 is 29.2 Å². The Morgan fingerprint density at radius 3 is 2.56 bits per heavy atom. The van der Waals surface area contributed by atoms with Crippen LogP contribution >= 0.6 is 11.8 Å². The molecule has 0 spiro atoms. The molecule has 0 N–H and O–H groups in total. The summed E-state index contributed by atoms with van der Waals surface area (Å²) in [7, 11) is 0. The van der Waals surface area contributed by atoms with E-state index >= 15 is 0 Å². The number of aromatic nitrogens is 1. The number of carbonyl (C=O) groups is 1. The lowest BCUT2D eigenvalue weighted by Gasteiger charge is -2.31. The zero-order chi connectivity index (χ0) is 17.2. The molecule has 0 saturated carbocycles. The second kappa shape index (κ2) is 6.61. The van der Waals surface area contributed by atoms with Gasteiger partial charge in [-0.3, -0.25) is 9.69 Å². The molecule has 5 heteroatoms. The average Bonchev–Trinajstić information content (AvgIpc) is 2.66. The van der Waals surface area contributed by atoms with E-state index < -0.39 is 6.10 Å². The van der Waals surface area contributed by atoms with Gasteiger partial charge in [-0.1, -0.05) is 42.1 Å². The van der Waals surface area contributed by atoms with Gasteiger partial charge < -0.3 is 4.74 Å². The van der Waals surface area contributed by atoms with Crippen LogP contribution in [0.4, 0.5) is 11.5 Å². The first-order valence-electron chi connectivity index (χ1n) is 8.01. The number of nitrogens with zero attached hydrogens (tertiary/aromatic N) is 2. The highest BCUT2D eigenvalue weighted by Gasteiger charge is 2.32. The quantitative estimate of drug-likeness (QED) is 0.689. The summed E-state index contributed by atoms with van der Waals surface area (Å²) in [4.78, 5) is 21.3. The summed E-state index contributed by atoms with van der Waals surface area (Å²) < 4.78 is 5.83. The third kappa shape index (κ3) is 2.98. The van der Waals surface area contributed by atoms with Gasteiger partial charge >= 0.3 is 0 Å². The zero-order valence-corrected chi connectivity index (χ0v) is 14.4. The Bertz CT molecular complexity index is 869. The number of anilines is 2. The average molecular weight is 348 g/mol. The Balaban J connectivity index is 1.70. The van der Waals surface area contributed by atoms with Gasteiger partial charge in [0.25, 0.3) is 5.91 Å². The van der Waals surface area contributed by atoms with Crippen LogP contribution in [0, 0.1) is 0 Å². The molecule has 4 rings (SSSR count). The van der Waals surface area contributed by atoms with Gasteiger partial charge in [0.2, 0.25) is 0 Å². The van der Waals surface area contributed by atoms with E-state index in [9.17, 15) is 4.79 Å². The molecule has 2 aromatic carbocycles. The minimum absolute atomic E-state index is 0.142. The number of benzene rings is 2. The molecule has 0 saturated heterocycles. The predicted molar refractivity (Wildman–Crippen MR) is 98.5 cm³/mol. The molecule has 1 aliphatic rings. The maximum absolute atomic E-state index is 13.2. The number of rotatable bonds is 3. The zero-order valence-electron chi connectivity index (χ0n) is 13.6. The van der Waals surface area contributed by atoms with Crippen LogP contribution in [-0.2, 0) is 4.79 Å². The van der Waals surface area contributed by atoms with Gasteiger partial charge in [-0.25, -0.2) is 4.98 Å². The van der Waals surface area contributed by atoms with E-state index in [4.69, 9.17) is 4.74 Å². The van der Waals surface area contributed by atoms with Crippen LogP contribution in [0.2, 0.25) is 0 Å². The summed E-state index contributed by atoms with van der Waals surface area (Å²) in [5.41, 5.74) is 0.840. The minimum atomic E-state index is -0.631. The number of hydrogen-bond acceptors (Lipinski definition) is 4. The smallest absolute Gasteiger partial charge is 0.273 e.